The third kappa shape index (κ3) is 9.64. The van der Waals surface area contributed by atoms with E-state index in [0.29, 0.717) is 39.5 Å². The maximum atomic E-state index is 12.2. The maximum Gasteiger partial charge on any atom is 0.410 e. The zero-order chi connectivity index (χ0) is 31.9. The summed E-state index contributed by atoms with van der Waals surface area (Å²) in [7, 11) is 0. The fourth-order valence-corrected chi connectivity index (χ4v) is 5.87. The number of ether oxygens (including phenoxy) is 5. The molecule has 0 unspecified atom stereocenters. The Morgan fingerprint density at radius 2 is 1.20 bits per heavy atom. The average molecular weight is 625 g/mol. The molecule has 3 N–H and O–H groups in total. The van der Waals surface area contributed by atoms with E-state index in [4.69, 9.17) is 23.7 Å². The highest BCUT2D eigenvalue weighted by Crippen LogP contribution is 2.32. The lowest BCUT2D eigenvalue weighted by Crippen LogP contribution is -2.53. The Labute approximate surface area is 268 Å². The van der Waals surface area contributed by atoms with Gasteiger partial charge in [-0.1, -0.05) is 12.1 Å². The number of likely N-dealkylation sites (tertiary alicyclic amines) is 1. The lowest BCUT2D eigenvalue weighted by atomic mass is 9.89. The summed E-state index contributed by atoms with van der Waals surface area (Å²) in [4.78, 5) is 14.0. The second-order valence-corrected chi connectivity index (χ2v) is 14.0. The van der Waals surface area contributed by atoms with Gasteiger partial charge in [-0.2, -0.15) is 0 Å². The molecule has 0 saturated carbocycles. The number of carbonyl (C=O) groups excluding carboxylic acids is 1. The first-order valence-corrected chi connectivity index (χ1v) is 16.5. The first kappa shape index (κ1) is 33.2. The molecule has 0 atom stereocenters. The first-order valence-electron chi connectivity index (χ1n) is 16.5. The molecule has 4 aliphatic rings. The zero-order valence-corrected chi connectivity index (χ0v) is 27.8. The molecule has 2 saturated heterocycles. The van der Waals surface area contributed by atoms with Crippen molar-refractivity contribution in [3.8, 4) is 23.0 Å². The van der Waals surface area contributed by atoms with Gasteiger partial charge in [0.25, 0.3) is 0 Å². The van der Waals surface area contributed by atoms with E-state index in [1.807, 2.05) is 39.0 Å². The molecule has 6 rings (SSSR count). The lowest BCUT2D eigenvalue weighted by molar-refractivity contribution is 0.0156. The minimum atomic E-state index is -0.450. The van der Waals surface area contributed by atoms with E-state index in [0.717, 1.165) is 62.0 Å². The molecular formula is C35H52N4O6. The van der Waals surface area contributed by atoms with Crippen LogP contribution in [0, 0.1) is 0 Å². The number of nitrogens with zero attached hydrogens (tertiary/aromatic N) is 1. The second-order valence-electron chi connectivity index (χ2n) is 14.0. The van der Waals surface area contributed by atoms with Crippen LogP contribution in [0.15, 0.2) is 36.4 Å². The summed E-state index contributed by atoms with van der Waals surface area (Å²) in [6.45, 7) is 18.0. The van der Waals surface area contributed by atoms with Gasteiger partial charge in [-0.25, -0.2) is 4.79 Å². The number of benzene rings is 2. The van der Waals surface area contributed by atoms with Crippen molar-refractivity contribution in [2.24, 2.45) is 0 Å². The number of hydrogen-bond acceptors (Lipinski definition) is 9. The van der Waals surface area contributed by atoms with Gasteiger partial charge >= 0.3 is 6.09 Å². The van der Waals surface area contributed by atoms with Gasteiger partial charge in [-0.3, -0.25) is 0 Å². The quantitative estimate of drug-likeness (QED) is 0.409. The van der Waals surface area contributed by atoms with Crippen LogP contribution in [0.1, 0.15) is 71.4 Å². The fourth-order valence-electron chi connectivity index (χ4n) is 5.87. The number of rotatable bonds is 6. The zero-order valence-electron chi connectivity index (χ0n) is 27.8. The van der Waals surface area contributed by atoms with Crippen molar-refractivity contribution in [2.75, 3.05) is 52.6 Å². The molecule has 0 aromatic heterocycles. The van der Waals surface area contributed by atoms with Crippen LogP contribution in [0.3, 0.4) is 0 Å². The Morgan fingerprint density at radius 3 is 1.67 bits per heavy atom. The van der Waals surface area contributed by atoms with E-state index in [2.05, 4.69) is 48.0 Å². The van der Waals surface area contributed by atoms with Crippen LogP contribution in [-0.2, 0) is 17.8 Å². The summed E-state index contributed by atoms with van der Waals surface area (Å²) in [5, 5.41) is 10.7. The molecule has 2 aromatic carbocycles. The molecule has 248 valence electrons. The molecule has 0 aliphatic carbocycles. The molecule has 0 spiro atoms. The molecule has 45 heavy (non-hydrogen) atoms. The van der Waals surface area contributed by atoms with Crippen molar-refractivity contribution in [3.05, 3.63) is 47.5 Å². The van der Waals surface area contributed by atoms with Crippen LogP contribution in [0.4, 0.5) is 4.79 Å². The standard InChI is InChI=1S/C20H30N2O4.C15H22N2O2/c1-19(2,3)26-18(23)22-9-7-20(4,8-10-22)21-14-15-5-6-16-17(13-15)25-12-11-24-16;1-15(4-6-16-7-5-15)17-11-12-2-3-13-14(10-12)19-9-8-18-13/h5-6,13,21H,7-12,14H2,1-4H3;2-3,10,16-17H,4-9,11H2,1H3. The van der Waals surface area contributed by atoms with Crippen LogP contribution in [0.25, 0.3) is 0 Å². The summed E-state index contributed by atoms with van der Waals surface area (Å²) in [5.74, 6) is 3.38. The predicted octanol–water partition coefficient (Wildman–Crippen LogP) is 5.03. The van der Waals surface area contributed by atoms with Gasteiger partial charge in [0.05, 0.1) is 0 Å². The Balaban J connectivity index is 0.000000186. The SMILES string of the molecule is CC1(NCc2ccc3c(c2)OCCO3)CCN(C(=O)OC(C)(C)C)CC1.CC1(NCc2ccc3c(c2)OCCO3)CCNCC1. The van der Waals surface area contributed by atoms with Gasteiger partial charge in [0.1, 0.15) is 32.0 Å². The number of piperidine rings is 2. The summed E-state index contributed by atoms with van der Waals surface area (Å²) < 4.78 is 27.8. The minimum Gasteiger partial charge on any atom is -0.486 e. The average Bonchev–Trinajstić information content (AvgIpc) is 3.03. The van der Waals surface area contributed by atoms with Gasteiger partial charge in [-0.05, 0) is 109 Å². The summed E-state index contributed by atoms with van der Waals surface area (Å²) in [6, 6.07) is 12.3. The van der Waals surface area contributed by atoms with Crippen molar-refractivity contribution in [1.29, 1.82) is 0 Å². The molecule has 4 aliphatic heterocycles. The van der Waals surface area contributed by atoms with Gasteiger partial charge in [-0.15, -0.1) is 0 Å². The monoisotopic (exact) mass is 624 g/mol. The number of hydrogen-bond donors (Lipinski definition) is 3. The van der Waals surface area contributed by atoms with Crippen molar-refractivity contribution in [3.63, 3.8) is 0 Å². The third-order valence-electron chi connectivity index (χ3n) is 8.88. The Hall–Kier alpha value is -3.21. The topological polar surface area (TPSA) is 103 Å². The Bertz CT molecular complexity index is 1280. The molecule has 2 fully saturated rings. The molecule has 0 bridgehead atoms. The lowest BCUT2D eigenvalue weighted by Gasteiger charge is -2.40. The van der Waals surface area contributed by atoms with Crippen LogP contribution in [0.2, 0.25) is 0 Å². The molecule has 10 heteroatoms. The second kappa shape index (κ2) is 14.5. The van der Waals surface area contributed by atoms with E-state index < -0.39 is 5.60 Å². The summed E-state index contributed by atoms with van der Waals surface area (Å²) >= 11 is 0. The number of carbonyl (C=O) groups is 1. The first-order chi connectivity index (χ1) is 21.5. The molecule has 0 radical (unpaired) electrons. The van der Waals surface area contributed by atoms with E-state index >= 15 is 0 Å². The largest absolute Gasteiger partial charge is 0.486 e. The van der Waals surface area contributed by atoms with Crippen LogP contribution in [-0.4, -0.2) is 80.3 Å². The van der Waals surface area contributed by atoms with Crippen LogP contribution < -0.4 is 34.9 Å². The van der Waals surface area contributed by atoms with Crippen molar-refractivity contribution < 1.29 is 28.5 Å². The fraction of sp³-hybridized carbons (Fsp3) is 0.629. The van der Waals surface area contributed by atoms with Crippen LogP contribution >= 0.6 is 0 Å². The number of fused-ring (bicyclic) bond motifs is 2. The molecule has 1 amide bonds. The Morgan fingerprint density at radius 1 is 0.756 bits per heavy atom. The highest BCUT2D eigenvalue weighted by Gasteiger charge is 2.33. The molecular weight excluding hydrogens is 572 g/mol. The normalized spacial score (nSPS) is 20.0. The highest BCUT2D eigenvalue weighted by atomic mass is 16.6. The Kier molecular flexibility index (Phi) is 10.7. The maximum absolute atomic E-state index is 12.2. The summed E-state index contributed by atoms with van der Waals surface area (Å²) in [6.07, 6.45) is 3.94. The van der Waals surface area contributed by atoms with Gasteiger partial charge in [0.15, 0.2) is 23.0 Å². The van der Waals surface area contributed by atoms with Crippen molar-refractivity contribution in [1.82, 2.24) is 20.9 Å². The van der Waals surface area contributed by atoms with Crippen LogP contribution in [0.5, 0.6) is 23.0 Å². The number of nitrogens with one attached hydrogen (secondary N) is 3. The highest BCUT2D eigenvalue weighted by molar-refractivity contribution is 5.68. The minimum absolute atomic E-state index is 0.00573. The van der Waals surface area contributed by atoms with Gasteiger partial charge < -0.3 is 44.5 Å². The van der Waals surface area contributed by atoms with Crippen molar-refractivity contribution >= 4 is 6.09 Å². The molecule has 10 nitrogen and oxygen atoms in total. The van der Waals surface area contributed by atoms with Crippen molar-refractivity contribution in [2.45, 2.75) is 90.1 Å². The van der Waals surface area contributed by atoms with E-state index in [9.17, 15) is 4.79 Å². The van der Waals surface area contributed by atoms with Gasteiger partial charge in [0, 0.05) is 37.3 Å². The van der Waals surface area contributed by atoms with E-state index in [1.165, 1.54) is 24.0 Å². The molecule has 2 aromatic rings. The predicted molar refractivity (Wildman–Crippen MR) is 174 cm³/mol. The smallest absolute Gasteiger partial charge is 0.410 e. The summed E-state index contributed by atoms with van der Waals surface area (Å²) in [5.41, 5.74) is 2.23. The van der Waals surface area contributed by atoms with E-state index in [1.54, 1.807) is 4.90 Å². The third-order valence-corrected chi connectivity index (χ3v) is 8.88. The van der Waals surface area contributed by atoms with Gasteiger partial charge in [0.2, 0.25) is 0 Å². The van der Waals surface area contributed by atoms with E-state index in [-0.39, 0.29) is 17.2 Å². The number of amides is 1. The molecule has 4 heterocycles.